The molecule has 2 unspecified atom stereocenters. The van der Waals surface area contributed by atoms with E-state index in [1.165, 1.54) is 7.11 Å². The monoisotopic (exact) mass is 312 g/mol. The number of hydrogen-bond acceptors (Lipinski definition) is 4. The number of ether oxygens (including phenoxy) is 2. The largest absolute Gasteiger partial charge is 0.469 e. The van der Waals surface area contributed by atoms with E-state index in [0.717, 1.165) is 23.6 Å². The summed E-state index contributed by atoms with van der Waals surface area (Å²) in [5.41, 5.74) is 0. The van der Waals surface area contributed by atoms with Crippen LogP contribution in [-0.4, -0.2) is 19.0 Å². The van der Waals surface area contributed by atoms with Crippen molar-refractivity contribution >= 4 is 22.7 Å². The number of methoxy groups -OCH3 is 1. The summed E-state index contributed by atoms with van der Waals surface area (Å²) in [5, 5.41) is 1.92. The normalized spacial score (nSPS) is 20.9. The van der Waals surface area contributed by atoms with E-state index in [1.54, 1.807) is 6.07 Å². The molecule has 0 aromatic heterocycles. The maximum Gasteiger partial charge on any atom is 0.315 e. The molecule has 0 spiro atoms. The molecule has 1 saturated carbocycles. The Morgan fingerprint density at radius 1 is 0.913 bits per heavy atom. The quantitative estimate of drug-likeness (QED) is 0.640. The molecule has 1 aliphatic rings. The summed E-state index contributed by atoms with van der Waals surface area (Å²) in [5.74, 6) is -0.922. The van der Waals surface area contributed by atoms with Gasteiger partial charge in [-0.3, -0.25) is 9.59 Å². The molecule has 4 heteroatoms. The van der Waals surface area contributed by atoms with Gasteiger partial charge in [0.15, 0.2) is 0 Å². The van der Waals surface area contributed by atoms with Gasteiger partial charge in [-0.05, 0) is 24.3 Å². The lowest BCUT2D eigenvalue weighted by molar-refractivity contribution is -0.156. The van der Waals surface area contributed by atoms with Gasteiger partial charge in [0.2, 0.25) is 0 Å². The molecular formula is C19H20O4. The smallest absolute Gasteiger partial charge is 0.315 e. The first-order valence-electron chi connectivity index (χ1n) is 7.98. The molecule has 0 heterocycles. The van der Waals surface area contributed by atoms with Crippen molar-refractivity contribution in [2.75, 3.05) is 7.11 Å². The highest BCUT2D eigenvalue weighted by Crippen LogP contribution is 2.33. The van der Waals surface area contributed by atoms with Crippen molar-refractivity contribution in [1.82, 2.24) is 0 Å². The van der Waals surface area contributed by atoms with Crippen LogP contribution in [0, 0.1) is 11.8 Å². The molecular weight excluding hydrogens is 292 g/mol. The molecule has 1 aliphatic carbocycles. The third kappa shape index (κ3) is 3.21. The second-order valence-corrected chi connectivity index (χ2v) is 5.92. The van der Waals surface area contributed by atoms with Crippen molar-refractivity contribution in [3.63, 3.8) is 0 Å². The first-order chi connectivity index (χ1) is 11.2. The topological polar surface area (TPSA) is 52.6 Å². The third-order valence-electron chi connectivity index (χ3n) is 4.53. The van der Waals surface area contributed by atoms with Crippen molar-refractivity contribution in [3.8, 4) is 5.75 Å². The van der Waals surface area contributed by atoms with E-state index in [1.807, 2.05) is 36.4 Å². The Bertz CT molecular complexity index is 717. The fraction of sp³-hybridized carbons (Fsp3) is 0.368. The Labute approximate surface area is 135 Å². The molecule has 0 amide bonds. The molecule has 2 atom stereocenters. The molecule has 4 nitrogen and oxygen atoms in total. The molecule has 0 N–H and O–H groups in total. The summed E-state index contributed by atoms with van der Waals surface area (Å²) in [6.45, 7) is 0. The molecule has 1 fully saturated rings. The molecule has 2 aromatic carbocycles. The van der Waals surface area contributed by atoms with E-state index < -0.39 is 11.8 Å². The number of rotatable bonds is 3. The van der Waals surface area contributed by atoms with Gasteiger partial charge >= 0.3 is 11.9 Å². The summed E-state index contributed by atoms with van der Waals surface area (Å²) in [7, 11) is 1.37. The predicted octanol–water partition coefficient (Wildman–Crippen LogP) is 3.72. The van der Waals surface area contributed by atoms with Crippen molar-refractivity contribution < 1.29 is 19.1 Å². The maximum atomic E-state index is 12.6. The third-order valence-corrected chi connectivity index (χ3v) is 4.53. The van der Waals surface area contributed by atoms with E-state index in [2.05, 4.69) is 0 Å². The summed E-state index contributed by atoms with van der Waals surface area (Å²) in [4.78, 5) is 24.5. The average Bonchev–Trinajstić information content (AvgIpc) is 2.61. The van der Waals surface area contributed by atoms with Crippen molar-refractivity contribution in [3.05, 3.63) is 42.5 Å². The molecule has 120 valence electrons. The van der Waals surface area contributed by atoms with Crippen LogP contribution in [-0.2, 0) is 14.3 Å². The lowest BCUT2D eigenvalue weighted by atomic mass is 9.79. The highest BCUT2D eigenvalue weighted by molar-refractivity contribution is 5.91. The van der Waals surface area contributed by atoms with Gasteiger partial charge in [0, 0.05) is 5.39 Å². The number of carbonyl (C=O) groups is 2. The summed E-state index contributed by atoms with van der Waals surface area (Å²) < 4.78 is 10.5. The van der Waals surface area contributed by atoms with Crippen LogP contribution in [0.2, 0.25) is 0 Å². The van der Waals surface area contributed by atoms with E-state index in [0.29, 0.717) is 18.6 Å². The van der Waals surface area contributed by atoms with E-state index in [4.69, 9.17) is 9.47 Å². The molecule has 0 aliphatic heterocycles. The first-order valence-corrected chi connectivity index (χ1v) is 7.98. The molecule has 3 rings (SSSR count). The lowest BCUT2D eigenvalue weighted by Crippen LogP contribution is -2.35. The van der Waals surface area contributed by atoms with Gasteiger partial charge in [-0.25, -0.2) is 0 Å². The predicted molar refractivity (Wildman–Crippen MR) is 87.0 cm³/mol. The van der Waals surface area contributed by atoms with Crippen LogP contribution in [0.25, 0.3) is 10.8 Å². The van der Waals surface area contributed by atoms with Gasteiger partial charge in [-0.15, -0.1) is 0 Å². The average molecular weight is 312 g/mol. The zero-order valence-electron chi connectivity index (χ0n) is 13.2. The van der Waals surface area contributed by atoms with Crippen molar-refractivity contribution in [2.45, 2.75) is 25.7 Å². The van der Waals surface area contributed by atoms with Crippen LogP contribution in [0.3, 0.4) is 0 Å². The summed E-state index contributed by atoms with van der Waals surface area (Å²) >= 11 is 0. The molecule has 0 saturated heterocycles. The van der Waals surface area contributed by atoms with Crippen LogP contribution >= 0.6 is 0 Å². The molecule has 0 bridgehead atoms. The maximum absolute atomic E-state index is 12.6. The van der Waals surface area contributed by atoms with Crippen molar-refractivity contribution in [1.29, 1.82) is 0 Å². The number of benzene rings is 2. The minimum atomic E-state index is -0.421. The van der Waals surface area contributed by atoms with Crippen LogP contribution in [0.15, 0.2) is 42.5 Å². The molecule has 0 radical (unpaired) electrons. The van der Waals surface area contributed by atoms with Crippen molar-refractivity contribution in [2.24, 2.45) is 11.8 Å². The number of hydrogen-bond donors (Lipinski definition) is 0. The number of fused-ring (bicyclic) bond motifs is 1. The minimum Gasteiger partial charge on any atom is -0.469 e. The Kier molecular flexibility index (Phi) is 4.60. The Morgan fingerprint density at radius 2 is 1.57 bits per heavy atom. The number of carbonyl (C=O) groups excluding carboxylic acids is 2. The standard InChI is InChI=1S/C19H20O4/c1-22-18(20)15-10-4-5-11-16(15)19(21)23-17-12-6-8-13-7-2-3-9-14(13)17/h2-3,6-9,12,15-16H,4-5,10-11H2,1H3. The fourth-order valence-corrected chi connectivity index (χ4v) is 3.32. The zero-order chi connectivity index (χ0) is 16.2. The SMILES string of the molecule is COC(=O)C1CCCCC1C(=O)Oc1cccc2ccccc12. The Balaban J connectivity index is 1.83. The Hall–Kier alpha value is -2.36. The van der Waals surface area contributed by atoms with Gasteiger partial charge < -0.3 is 9.47 Å². The summed E-state index contributed by atoms with van der Waals surface area (Å²) in [6.07, 6.45) is 3.23. The van der Waals surface area contributed by atoms with Crippen LogP contribution in [0.4, 0.5) is 0 Å². The van der Waals surface area contributed by atoms with Crippen LogP contribution < -0.4 is 4.74 Å². The lowest BCUT2D eigenvalue weighted by Gasteiger charge is -2.27. The zero-order valence-corrected chi connectivity index (χ0v) is 13.2. The second kappa shape index (κ2) is 6.82. The molecule has 2 aromatic rings. The Morgan fingerprint density at radius 3 is 2.30 bits per heavy atom. The van der Waals surface area contributed by atoms with Gasteiger partial charge in [0.05, 0.1) is 18.9 Å². The minimum absolute atomic E-state index is 0.315. The second-order valence-electron chi connectivity index (χ2n) is 5.92. The highest BCUT2D eigenvalue weighted by atomic mass is 16.5. The van der Waals surface area contributed by atoms with Gasteiger partial charge in [0.25, 0.3) is 0 Å². The number of esters is 2. The van der Waals surface area contributed by atoms with E-state index >= 15 is 0 Å². The highest BCUT2D eigenvalue weighted by Gasteiger charge is 2.37. The fourth-order valence-electron chi connectivity index (χ4n) is 3.32. The molecule has 23 heavy (non-hydrogen) atoms. The first kappa shape index (κ1) is 15.5. The van der Waals surface area contributed by atoms with E-state index in [-0.39, 0.29) is 11.9 Å². The van der Waals surface area contributed by atoms with E-state index in [9.17, 15) is 9.59 Å². The van der Waals surface area contributed by atoms with Crippen LogP contribution in [0.5, 0.6) is 5.75 Å². The van der Waals surface area contributed by atoms with Gasteiger partial charge in [-0.1, -0.05) is 49.2 Å². The van der Waals surface area contributed by atoms with Gasteiger partial charge in [-0.2, -0.15) is 0 Å². The van der Waals surface area contributed by atoms with Crippen LogP contribution in [0.1, 0.15) is 25.7 Å². The summed E-state index contributed by atoms with van der Waals surface area (Å²) in [6, 6.07) is 13.4. The van der Waals surface area contributed by atoms with Gasteiger partial charge in [0.1, 0.15) is 5.75 Å².